The van der Waals surface area contributed by atoms with Gasteiger partial charge in [-0.15, -0.1) is 11.3 Å². The summed E-state index contributed by atoms with van der Waals surface area (Å²) in [6, 6.07) is 0. The number of guanidine groups is 1. The maximum atomic E-state index is 4.94. The molecule has 0 saturated heterocycles. The van der Waals surface area contributed by atoms with E-state index in [1.807, 2.05) is 6.20 Å². The molecule has 1 saturated carbocycles. The summed E-state index contributed by atoms with van der Waals surface area (Å²) in [7, 11) is 4.41. The van der Waals surface area contributed by atoms with E-state index < -0.39 is 0 Å². The number of likely N-dealkylation sites (N-methyl/N-ethyl adjacent to an activating group) is 1. The number of hydrogen-bond acceptors (Lipinski definition) is 4. The average Bonchev–Trinajstić information content (AvgIpc) is 2.98. The Morgan fingerprint density at radius 2 is 2.24 bits per heavy atom. The zero-order valence-corrected chi connectivity index (χ0v) is 17.4. The van der Waals surface area contributed by atoms with Gasteiger partial charge in [0.25, 0.3) is 0 Å². The van der Waals surface area contributed by atoms with Crippen LogP contribution in [0, 0.1) is 12.8 Å². The van der Waals surface area contributed by atoms with Crippen molar-refractivity contribution in [3.05, 3.63) is 16.1 Å². The van der Waals surface area contributed by atoms with Gasteiger partial charge in [0.05, 0.1) is 11.6 Å². The van der Waals surface area contributed by atoms with Gasteiger partial charge in [0, 0.05) is 36.1 Å². The van der Waals surface area contributed by atoms with Crippen LogP contribution in [0.4, 0.5) is 0 Å². The number of nitrogens with one attached hydrogen (secondary N) is 2. The molecule has 1 aliphatic carbocycles. The number of hydrogen-bond donors (Lipinski definition) is 2. The van der Waals surface area contributed by atoms with Crippen LogP contribution in [0.5, 0.6) is 0 Å². The molecule has 0 aromatic carbocycles. The molecule has 0 radical (unpaired) electrons. The molecule has 0 bridgehead atoms. The minimum atomic E-state index is 0.201. The molecular weight excluding hydrogens is 330 g/mol. The van der Waals surface area contributed by atoms with Crippen molar-refractivity contribution in [3.8, 4) is 0 Å². The van der Waals surface area contributed by atoms with Crippen molar-refractivity contribution in [3.63, 3.8) is 0 Å². The van der Waals surface area contributed by atoms with E-state index in [0.29, 0.717) is 0 Å². The van der Waals surface area contributed by atoms with E-state index in [9.17, 15) is 0 Å². The molecule has 25 heavy (non-hydrogen) atoms. The molecule has 1 heterocycles. The monoisotopic (exact) mass is 365 g/mol. The molecule has 0 spiro atoms. The van der Waals surface area contributed by atoms with Gasteiger partial charge in [0.15, 0.2) is 5.96 Å². The molecule has 2 atom stereocenters. The predicted molar refractivity (Wildman–Crippen MR) is 109 cm³/mol. The second-order valence-corrected chi connectivity index (χ2v) is 8.88. The van der Waals surface area contributed by atoms with Crippen LogP contribution in [-0.4, -0.2) is 55.1 Å². The lowest BCUT2D eigenvalue weighted by Gasteiger charge is -2.44. The van der Waals surface area contributed by atoms with Gasteiger partial charge in [0.1, 0.15) is 0 Å². The fourth-order valence-corrected chi connectivity index (χ4v) is 4.48. The molecule has 1 aromatic heterocycles. The molecule has 2 unspecified atom stereocenters. The summed E-state index contributed by atoms with van der Waals surface area (Å²) < 4.78 is 0. The Morgan fingerprint density at radius 1 is 1.44 bits per heavy atom. The highest BCUT2D eigenvalue weighted by atomic mass is 32.1. The number of nitrogens with zero attached hydrogens (tertiary/aromatic N) is 3. The summed E-state index contributed by atoms with van der Waals surface area (Å²) in [6.07, 6.45) is 8.03. The van der Waals surface area contributed by atoms with Crippen LogP contribution >= 0.6 is 11.3 Å². The molecule has 2 rings (SSSR count). The Morgan fingerprint density at radius 3 is 2.84 bits per heavy atom. The van der Waals surface area contributed by atoms with E-state index in [2.05, 4.69) is 55.4 Å². The first-order valence-corrected chi connectivity index (χ1v) is 10.4. The number of thiazole rings is 1. The SMILES string of the molecule is CCNC(=NCC1(N(C)C)CCCC(C)C1)NCCc1ncc(C)s1. The summed E-state index contributed by atoms with van der Waals surface area (Å²) in [6.45, 7) is 9.20. The van der Waals surface area contributed by atoms with Gasteiger partial charge in [-0.1, -0.05) is 19.8 Å². The molecule has 1 aliphatic rings. The third-order valence-corrected chi connectivity index (χ3v) is 6.16. The van der Waals surface area contributed by atoms with Crippen LogP contribution in [0.2, 0.25) is 0 Å². The topological polar surface area (TPSA) is 52.6 Å². The highest BCUT2D eigenvalue weighted by Crippen LogP contribution is 2.35. The van der Waals surface area contributed by atoms with Crippen molar-refractivity contribution in [2.75, 3.05) is 33.7 Å². The smallest absolute Gasteiger partial charge is 0.191 e. The van der Waals surface area contributed by atoms with Crippen molar-refractivity contribution in [1.29, 1.82) is 0 Å². The first-order valence-electron chi connectivity index (χ1n) is 9.56. The van der Waals surface area contributed by atoms with Crippen molar-refractivity contribution in [1.82, 2.24) is 20.5 Å². The van der Waals surface area contributed by atoms with Gasteiger partial charge >= 0.3 is 0 Å². The van der Waals surface area contributed by atoms with Gasteiger partial charge in [-0.2, -0.15) is 0 Å². The van der Waals surface area contributed by atoms with Crippen molar-refractivity contribution in [2.24, 2.45) is 10.9 Å². The Bertz CT molecular complexity index is 554. The lowest BCUT2D eigenvalue weighted by Crippen LogP contribution is -2.51. The van der Waals surface area contributed by atoms with Gasteiger partial charge in [-0.25, -0.2) is 4.98 Å². The predicted octanol–water partition coefficient (Wildman–Crippen LogP) is 3.06. The minimum absolute atomic E-state index is 0.201. The van der Waals surface area contributed by atoms with Gasteiger partial charge in [-0.05, 0) is 46.7 Å². The van der Waals surface area contributed by atoms with E-state index in [-0.39, 0.29) is 5.54 Å². The van der Waals surface area contributed by atoms with Crippen LogP contribution in [0.25, 0.3) is 0 Å². The first-order chi connectivity index (χ1) is 11.9. The maximum Gasteiger partial charge on any atom is 0.191 e. The Balaban J connectivity index is 1.94. The second-order valence-electron chi connectivity index (χ2n) is 7.56. The van der Waals surface area contributed by atoms with E-state index in [0.717, 1.165) is 37.9 Å². The third-order valence-electron chi connectivity index (χ3n) is 5.19. The molecular formula is C19H35N5S. The van der Waals surface area contributed by atoms with Crippen LogP contribution < -0.4 is 10.6 Å². The molecule has 1 fully saturated rings. The van der Waals surface area contributed by atoms with E-state index in [1.54, 1.807) is 11.3 Å². The van der Waals surface area contributed by atoms with Gasteiger partial charge < -0.3 is 15.5 Å². The number of aromatic nitrogens is 1. The van der Waals surface area contributed by atoms with Gasteiger partial charge in [0.2, 0.25) is 0 Å². The Kier molecular flexibility index (Phi) is 7.69. The van der Waals surface area contributed by atoms with Crippen molar-refractivity contribution < 1.29 is 0 Å². The van der Waals surface area contributed by atoms with E-state index in [1.165, 1.54) is 35.6 Å². The Labute approximate surface area is 157 Å². The number of aliphatic imine (C=N–C) groups is 1. The van der Waals surface area contributed by atoms with Crippen molar-refractivity contribution >= 4 is 17.3 Å². The minimum Gasteiger partial charge on any atom is -0.357 e. The fraction of sp³-hybridized carbons (Fsp3) is 0.789. The van der Waals surface area contributed by atoms with E-state index in [4.69, 9.17) is 4.99 Å². The molecule has 0 aliphatic heterocycles. The summed E-state index contributed by atoms with van der Waals surface area (Å²) in [5.74, 6) is 1.71. The second kappa shape index (κ2) is 9.53. The quantitative estimate of drug-likeness (QED) is 0.576. The lowest BCUT2D eigenvalue weighted by molar-refractivity contribution is 0.0845. The summed E-state index contributed by atoms with van der Waals surface area (Å²) >= 11 is 1.77. The van der Waals surface area contributed by atoms with Gasteiger partial charge in [-0.3, -0.25) is 4.99 Å². The molecule has 1 aromatic rings. The molecule has 0 amide bonds. The van der Waals surface area contributed by atoms with Crippen LogP contribution in [0.1, 0.15) is 49.4 Å². The maximum absolute atomic E-state index is 4.94. The fourth-order valence-electron chi connectivity index (χ4n) is 3.70. The molecule has 2 N–H and O–H groups in total. The van der Waals surface area contributed by atoms with E-state index >= 15 is 0 Å². The average molecular weight is 366 g/mol. The zero-order chi connectivity index (χ0) is 18.3. The molecule has 6 heteroatoms. The summed E-state index contributed by atoms with van der Waals surface area (Å²) in [4.78, 5) is 13.0. The van der Waals surface area contributed by atoms with Crippen LogP contribution in [-0.2, 0) is 6.42 Å². The molecule has 142 valence electrons. The highest BCUT2D eigenvalue weighted by molar-refractivity contribution is 7.11. The van der Waals surface area contributed by atoms with Crippen LogP contribution in [0.3, 0.4) is 0 Å². The lowest BCUT2D eigenvalue weighted by atomic mass is 9.75. The van der Waals surface area contributed by atoms with Crippen molar-refractivity contribution in [2.45, 2.75) is 58.4 Å². The normalized spacial score (nSPS) is 24.6. The Hall–Kier alpha value is -1.14. The summed E-state index contributed by atoms with van der Waals surface area (Å²) in [5, 5.41) is 8.04. The zero-order valence-electron chi connectivity index (χ0n) is 16.6. The number of aryl methyl sites for hydroxylation is 1. The third kappa shape index (κ3) is 5.96. The molecule has 5 nitrogen and oxygen atoms in total. The largest absolute Gasteiger partial charge is 0.357 e. The summed E-state index contributed by atoms with van der Waals surface area (Å²) in [5.41, 5.74) is 0.201. The standard InChI is InChI=1S/C19H35N5S/c1-6-20-18(21-11-9-17-22-13-16(3)25-17)23-14-19(24(4)5)10-7-8-15(2)12-19/h13,15H,6-12,14H2,1-5H3,(H2,20,21,23). The number of rotatable bonds is 7. The van der Waals surface area contributed by atoms with Crippen LogP contribution in [0.15, 0.2) is 11.2 Å². The first kappa shape index (κ1) is 20.2. The highest BCUT2D eigenvalue weighted by Gasteiger charge is 2.36.